The molecule has 0 saturated carbocycles. The molecule has 7 nitrogen and oxygen atoms in total. The van der Waals surface area contributed by atoms with E-state index in [2.05, 4.69) is 10.5 Å². The number of nitrogens with one attached hydrogen (secondary N) is 1. The van der Waals surface area contributed by atoms with Gasteiger partial charge in [-0.25, -0.2) is 8.42 Å². The van der Waals surface area contributed by atoms with Gasteiger partial charge in [0.05, 0.1) is 17.1 Å². The molecule has 0 saturated heterocycles. The molecule has 0 aliphatic carbocycles. The molecular weight excluding hydrogens is 366 g/mol. The fourth-order valence-corrected chi connectivity index (χ4v) is 3.11. The van der Waals surface area contributed by atoms with Crippen LogP contribution in [0, 0.1) is 0 Å². The Labute approximate surface area is 160 Å². The van der Waals surface area contributed by atoms with Crippen molar-refractivity contribution in [2.24, 2.45) is 0 Å². The highest BCUT2D eigenvalue weighted by molar-refractivity contribution is 7.90. The molecule has 0 spiro atoms. The number of benzene rings is 1. The Morgan fingerprint density at radius 1 is 1.26 bits per heavy atom. The topological polar surface area (TPSA) is 92.5 Å². The first-order valence-electron chi connectivity index (χ1n) is 8.65. The molecule has 1 heterocycles. The summed E-state index contributed by atoms with van der Waals surface area (Å²) in [4.78, 5) is 14.4. The predicted octanol–water partition coefficient (Wildman–Crippen LogP) is 3.01. The van der Waals surface area contributed by atoms with Crippen molar-refractivity contribution in [2.75, 3.05) is 25.2 Å². The maximum absolute atomic E-state index is 12.3. The molecule has 0 radical (unpaired) electrons. The minimum Gasteiger partial charge on any atom is -0.338 e. The van der Waals surface area contributed by atoms with Crippen LogP contribution in [0.1, 0.15) is 45.0 Å². The average molecular weight is 394 g/mol. The van der Waals surface area contributed by atoms with Crippen LogP contribution in [0.25, 0.3) is 0 Å². The highest BCUT2D eigenvalue weighted by Gasteiger charge is 2.21. The molecule has 0 fully saturated rings. The summed E-state index contributed by atoms with van der Waals surface area (Å²) in [5.74, 6) is 0.109. The summed E-state index contributed by atoms with van der Waals surface area (Å²) in [5.41, 5.74) is 1.54. The van der Waals surface area contributed by atoms with Gasteiger partial charge in [-0.3, -0.25) is 15.0 Å². The van der Waals surface area contributed by atoms with Crippen molar-refractivity contribution in [3.05, 3.63) is 41.6 Å². The second-order valence-electron chi connectivity index (χ2n) is 7.81. The second kappa shape index (κ2) is 7.82. The summed E-state index contributed by atoms with van der Waals surface area (Å²) >= 11 is 0. The van der Waals surface area contributed by atoms with E-state index < -0.39 is 9.84 Å². The third kappa shape index (κ3) is 5.64. The van der Waals surface area contributed by atoms with Gasteiger partial charge in [0.25, 0.3) is 0 Å². The zero-order chi connectivity index (χ0) is 20.4. The first kappa shape index (κ1) is 21.1. The van der Waals surface area contributed by atoms with Gasteiger partial charge in [-0.1, -0.05) is 38.1 Å². The van der Waals surface area contributed by atoms with Gasteiger partial charge >= 0.3 is 0 Å². The van der Waals surface area contributed by atoms with Crippen molar-refractivity contribution in [3.63, 3.8) is 0 Å². The quantitative estimate of drug-likeness (QED) is 0.811. The summed E-state index contributed by atoms with van der Waals surface area (Å²) in [6.07, 6.45) is 1.18. The molecule has 0 aliphatic rings. The number of carbonyl (C=O) groups excluding carboxylic acids is 1. The normalized spacial score (nSPS) is 13.6. The van der Waals surface area contributed by atoms with Gasteiger partial charge in [-0.2, -0.15) is 0 Å². The van der Waals surface area contributed by atoms with Crippen LogP contribution < -0.4 is 5.32 Å². The van der Waals surface area contributed by atoms with E-state index in [-0.39, 0.29) is 28.8 Å². The van der Waals surface area contributed by atoms with Crippen molar-refractivity contribution >= 4 is 21.6 Å². The maximum Gasteiger partial charge on any atom is 0.240 e. The van der Waals surface area contributed by atoms with E-state index in [0.29, 0.717) is 5.88 Å². The molecule has 0 bridgehead atoms. The van der Waals surface area contributed by atoms with Gasteiger partial charge < -0.3 is 4.52 Å². The predicted molar refractivity (Wildman–Crippen MR) is 104 cm³/mol. The minimum atomic E-state index is -3.22. The molecule has 2 aromatic rings. The molecule has 1 N–H and O–H groups in total. The fourth-order valence-electron chi connectivity index (χ4n) is 2.48. The third-order valence-electron chi connectivity index (χ3n) is 4.39. The van der Waals surface area contributed by atoms with E-state index in [1.165, 1.54) is 6.26 Å². The van der Waals surface area contributed by atoms with E-state index in [4.69, 9.17) is 4.52 Å². The van der Waals surface area contributed by atoms with Gasteiger partial charge in [-0.05, 0) is 31.7 Å². The van der Waals surface area contributed by atoms with Crippen LogP contribution in [0.3, 0.4) is 0 Å². The zero-order valence-corrected chi connectivity index (χ0v) is 17.4. The number of aromatic nitrogens is 1. The zero-order valence-electron chi connectivity index (χ0n) is 16.6. The van der Waals surface area contributed by atoms with Crippen molar-refractivity contribution in [2.45, 2.75) is 44.0 Å². The van der Waals surface area contributed by atoms with E-state index in [9.17, 15) is 13.2 Å². The molecule has 1 aromatic carbocycles. The Kier molecular flexibility index (Phi) is 6.11. The first-order chi connectivity index (χ1) is 12.4. The number of nitrogens with zero attached hydrogens (tertiary/aromatic N) is 2. The summed E-state index contributed by atoms with van der Waals surface area (Å²) in [6.45, 7) is 8.15. The number of carbonyl (C=O) groups is 1. The van der Waals surface area contributed by atoms with E-state index in [1.54, 1.807) is 30.3 Å². The Balaban J connectivity index is 1.98. The molecule has 1 amide bonds. The third-order valence-corrected chi connectivity index (χ3v) is 5.51. The number of rotatable bonds is 6. The summed E-state index contributed by atoms with van der Waals surface area (Å²) in [6, 6.07) is 8.35. The molecule has 0 aliphatic heterocycles. The Morgan fingerprint density at radius 2 is 1.85 bits per heavy atom. The molecule has 148 valence electrons. The van der Waals surface area contributed by atoms with Crippen LogP contribution in [0.5, 0.6) is 0 Å². The maximum atomic E-state index is 12.3. The van der Waals surface area contributed by atoms with Crippen molar-refractivity contribution < 1.29 is 17.7 Å². The van der Waals surface area contributed by atoms with Gasteiger partial charge in [-0.15, -0.1) is 0 Å². The van der Waals surface area contributed by atoms with Crippen LogP contribution >= 0.6 is 0 Å². The highest BCUT2D eigenvalue weighted by atomic mass is 32.2. The Hall–Kier alpha value is -2.19. The lowest BCUT2D eigenvalue weighted by molar-refractivity contribution is -0.117. The lowest BCUT2D eigenvalue weighted by atomic mass is 9.92. The highest BCUT2D eigenvalue weighted by Crippen LogP contribution is 2.24. The lowest BCUT2D eigenvalue weighted by Gasteiger charge is -2.24. The van der Waals surface area contributed by atoms with Crippen LogP contribution in [-0.2, 0) is 20.0 Å². The molecule has 8 heteroatoms. The standard InChI is InChI=1S/C19H27N3O4S/c1-13(14-7-9-15(10-8-14)27(6,24)25)22(5)12-17(23)20-18-11-16(21-26-18)19(2,3)4/h7-11,13H,12H2,1-6H3,(H,20,23). The molecule has 1 atom stereocenters. The van der Waals surface area contributed by atoms with Gasteiger partial charge in [0, 0.05) is 23.8 Å². The van der Waals surface area contributed by atoms with E-state index in [1.807, 2.05) is 39.6 Å². The Bertz CT molecular complexity index is 896. The molecule has 2 rings (SSSR count). The number of hydrogen-bond acceptors (Lipinski definition) is 6. The van der Waals surface area contributed by atoms with Crippen LogP contribution in [0.2, 0.25) is 0 Å². The number of sulfone groups is 1. The molecule has 1 aromatic heterocycles. The average Bonchev–Trinajstić information content (AvgIpc) is 3.02. The Morgan fingerprint density at radius 3 is 2.33 bits per heavy atom. The number of likely N-dealkylation sites (N-methyl/N-ethyl adjacent to an activating group) is 1. The summed E-state index contributed by atoms with van der Waals surface area (Å²) in [5, 5.41) is 6.69. The fraction of sp³-hybridized carbons (Fsp3) is 0.474. The molecule has 1 unspecified atom stereocenters. The number of anilines is 1. The smallest absolute Gasteiger partial charge is 0.240 e. The summed E-state index contributed by atoms with van der Waals surface area (Å²) in [7, 11) is -1.39. The van der Waals surface area contributed by atoms with Crippen molar-refractivity contribution in [1.29, 1.82) is 0 Å². The van der Waals surface area contributed by atoms with Gasteiger partial charge in [0.2, 0.25) is 11.8 Å². The van der Waals surface area contributed by atoms with Gasteiger partial charge in [0.1, 0.15) is 0 Å². The van der Waals surface area contributed by atoms with Crippen LogP contribution in [0.15, 0.2) is 39.8 Å². The lowest BCUT2D eigenvalue weighted by Crippen LogP contribution is -2.32. The van der Waals surface area contributed by atoms with Gasteiger partial charge in [0.15, 0.2) is 9.84 Å². The molecule has 27 heavy (non-hydrogen) atoms. The first-order valence-corrected chi connectivity index (χ1v) is 10.5. The van der Waals surface area contributed by atoms with Crippen LogP contribution in [0.4, 0.5) is 5.88 Å². The minimum absolute atomic E-state index is 0.0655. The summed E-state index contributed by atoms with van der Waals surface area (Å²) < 4.78 is 28.3. The van der Waals surface area contributed by atoms with E-state index >= 15 is 0 Å². The second-order valence-corrected chi connectivity index (χ2v) is 9.82. The monoisotopic (exact) mass is 393 g/mol. The number of amides is 1. The van der Waals surface area contributed by atoms with Crippen molar-refractivity contribution in [1.82, 2.24) is 10.1 Å². The van der Waals surface area contributed by atoms with Crippen molar-refractivity contribution in [3.8, 4) is 0 Å². The SMILES string of the molecule is CC(c1ccc(S(C)(=O)=O)cc1)N(C)CC(=O)Nc1cc(C(C)(C)C)no1. The van der Waals surface area contributed by atoms with E-state index in [0.717, 1.165) is 11.3 Å². The number of hydrogen-bond donors (Lipinski definition) is 1. The largest absolute Gasteiger partial charge is 0.338 e. The van der Waals surface area contributed by atoms with Crippen LogP contribution in [-0.4, -0.2) is 44.2 Å². The molecular formula is C19H27N3O4S.